The van der Waals surface area contributed by atoms with E-state index in [1.807, 2.05) is 4.90 Å². The molecular weight excluding hydrogens is 378 g/mol. The van der Waals surface area contributed by atoms with Gasteiger partial charge in [-0.2, -0.15) is 0 Å². The van der Waals surface area contributed by atoms with Crippen LogP contribution in [0.5, 0.6) is 0 Å². The highest BCUT2D eigenvalue weighted by atomic mass is 19.1. The molecule has 3 aromatic rings. The summed E-state index contributed by atoms with van der Waals surface area (Å²) < 4.78 is 28.6. The number of halogens is 2. The number of piperidine rings is 1. The molecule has 0 amide bonds. The first-order valence-electron chi connectivity index (χ1n) is 9.47. The van der Waals surface area contributed by atoms with E-state index in [1.165, 1.54) is 6.92 Å². The molecule has 8 heteroatoms. The van der Waals surface area contributed by atoms with Gasteiger partial charge in [0.05, 0.1) is 16.5 Å². The summed E-state index contributed by atoms with van der Waals surface area (Å²) in [6.07, 6.45) is 4.85. The van der Waals surface area contributed by atoms with Gasteiger partial charge in [-0.3, -0.25) is 9.78 Å². The molecule has 0 unspecified atom stereocenters. The fraction of sp³-hybridized carbons (Fsp3) is 0.333. The van der Waals surface area contributed by atoms with Gasteiger partial charge in [0, 0.05) is 31.9 Å². The Morgan fingerprint density at radius 2 is 1.97 bits per heavy atom. The lowest BCUT2D eigenvalue weighted by atomic mass is 9.93. The summed E-state index contributed by atoms with van der Waals surface area (Å²) in [5.41, 5.74) is 0.818. The Balaban J connectivity index is 1.75. The summed E-state index contributed by atoms with van der Waals surface area (Å²) in [6, 6.07) is 3.97. The van der Waals surface area contributed by atoms with Crippen molar-refractivity contribution in [3.05, 3.63) is 47.8 Å². The first kappa shape index (κ1) is 19.2. The van der Waals surface area contributed by atoms with E-state index in [4.69, 9.17) is 5.11 Å². The first-order chi connectivity index (χ1) is 13.9. The lowest BCUT2D eigenvalue weighted by Crippen LogP contribution is -2.35. The van der Waals surface area contributed by atoms with Gasteiger partial charge < -0.3 is 10.0 Å². The quantitative estimate of drug-likeness (QED) is 0.716. The molecule has 1 aromatic carbocycles. The number of carboxylic acid groups (broad SMARTS) is 1. The molecule has 0 spiro atoms. The monoisotopic (exact) mass is 398 g/mol. The zero-order chi connectivity index (χ0) is 20.5. The van der Waals surface area contributed by atoms with E-state index in [1.54, 1.807) is 18.5 Å². The first-order valence-corrected chi connectivity index (χ1v) is 9.47. The zero-order valence-corrected chi connectivity index (χ0v) is 15.9. The molecule has 4 rings (SSSR count). The van der Waals surface area contributed by atoms with Crippen molar-refractivity contribution in [2.75, 3.05) is 18.0 Å². The van der Waals surface area contributed by atoms with Crippen molar-refractivity contribution in [3.8, 4) is 11.4 Å². The van der Waals surface area contributed by atoms with Crippen LogP contribution in [0.25, 0.3) is 22.3 Å². The molecule has 1 aliphatic rings. The van der Waals surface area contributed by atoms with E-state index >= 15 is 0 Å². The third-order valence-electron chi connectivity index (χ3n) is 5.34. The van der Waals surface area contributed by atoms with Gasteiger partial charge in [-0.25, -0.2) is 18.7 Å². The van der Waals surface area contributed by atoms with Gasteiger partial charge in [0.15, 0.2) is 5.82 Å². The number of anilines is 1. The van der Waals surface area contributed by atoms with E-state index in [2.05, 4.69) is 15.0 Å². The Bertz CT molecular complexity index is 1080. The van der Waals surface area contributed by atoms with Crippen molar-refractivity contribution in [3.63, 3.8) is 0 Å². The van der Waals surface area contributed by atoms with Crippen LogP contribution < -0.4 is 4.90 Å². The molecule has 0 aliphatic carbocycles. The normalized spacial score (nSPS) is 15.1. The molecule has 1 fully saturated rings. The fourth-order valence-electron chi connectivity index (χ4n) is 3.73. The molecule has 3 heterocycles. The fourth-order valence-corrected chi connectivity index (χ4v) is 3.73. The highest BCUT2D eigenvalue weighted by Gasteiger charge is 2.25. The number of carbonyl (C=O) groups is 1. The van der Waals surface area contributed by atoms with Crippen LogP contribution in [0.4, 0.5) is 14.6 Å². The van der Waals surface area contributed by atoms with Crippen LogP contribution in [0.1, 0.15) is 24.8 Å². The molecule has 1 saturated heterocycles. The van der Waals surface area contributed by atoms with Gasteiger partial charge in [-0.05, 0) is 49.4 Å². The van der Waals surface area contributed by atoms with Crippen LogP contribution in [0, 0.1) is 24.5 Å². The minimum absolute atomic E-state index is 0.00817. The largest absolute Gasteiger partial charge is 0.481 e. The number of pyridine rings is 1. The maximum absolute atomic E-state index is 14.5. The Labute approximate surface area is 166 Å². The smallest absolute Gasteiger partial charge is 0.303 e. The number of hydrogen-bond acceptors (Lipinski definition) is 5. The summed E-state index contributed by atoms with van der Waals surface area (Å²) in [5, 5.41) is 9.73. The van der Waals surface area contributed by atoms with Crippen molar-refractivity contribution >= 4 is 22.7 Å². The van der Waals surface area contributed by atoms with Gasteiger partial charge in [0.1, 0.15) is 17.5 Å². The van der Waals surface area contributed by atoms with Gasteiger partial charge in [0.25, 0.3) is 0 Å². The second-order valence-corrected chi connectivity index (χ2v) is 7.37. The second kappa shape index (κ2) is 7.69. The number of aromatic nitrogens is 3. The molecule has 2 aromatic heterocycles. The van der Waals surface area contributed by atoms with E-state index in [0.717, 1.165) is 30.4 Å². The number of aryl methyl sites for hydroxylation is 1. The highest BCUT2D eigenvalue weighted by molar-refractivity contribution is 5.90. The number of benzene rings is 1. The Kier molecular flexibility index (Phi) is 5.08. The second-order valence-electron chi connectivity index (χ2n) is 7.37. The molecule has 6 nitrogen and oxygen atoms in total. The van der Waals surface area contributed by atoms with E-state index in [0.29, 0.717) is 24.4 Å². The molecule has 0 saturated carbocycles. The molecular formula is C21H20F2N4O2. The maximum atomic E-state index is 14.5. The summed E-state index contributed by atoms with van der Waals surface area (Å²) in [4.78, 5) is 26.1. The van der Waals surface area contributed by atoms with Gasteiger partial charge in [-0.1, -0.05) is 0 Å². The minimum Gasteiger partial charge on any atom is -0.481 e. The number of aliphatic carboxylic acids is 1. The van der Waals surface area contributed by atoms with Crippen molar-refractivity contribution in [2.24, 2.45) is 5.92 Å². The topological polar surface area (TPSA) is 79.2 Å². The average Bonchev–Trinajstić information content (AvgIpc) is 2.70. The minimum atomic E-state index is -0.792. The number of fused-ring (bicyclic) bond motifs is 1. The average molecular weight is 398 g/mol. The number of hydrogen-bond donors (Lipinski definition) is 1. The van der Waals surface area contributed by atoms with Crippen LogP contribution in [0.3, 0.4) is 0 Å². The number of nitrogens with zero attached hydrogens (tertiary/aromatic N) is 4. The molecule has 1 N–H and O–H groups in total. The van der Waals surface area contributed by atoms with E-state index in [-0.39, 0.29) is 29.3 Å². The van der Waals surface area contributed by atoms with Crippen LogP contribution in [0.2, 0.25) is 0 Å². The van der Waals surface area contributed by atoms with Gasteiger partial charge in [-0.15, -0.1) is 0 Å². The summed E-state index contributed by atoms with van der Waals surface area (Å²) >= 11 is 0. The van der Waals surface area contributed by atoms with Crippen molar-refractivity contribution in [2.45, 2.75) is 26.2 Å². The number of carboxylic acids is 1. The summed E-state index contributed by atoms with van der Waals surface area (Å²) in [5.74, 6) is -1.05. The number of rotatable bonds is 4. The third kappa shape index (κ3) is 3.87. The van der Waals surface area contributed by atoms with Crippen LogP contribution in [-0.2, 0) is 4.79 Å². The molecule has 1 aliphatic heterocycles. The Hall–Kier alpha value is -3.16. The standard InChI is InChI=1S/C21H20F2N4O2/c1-12-8-17(23)14(10-16(12)22)20-25-18-2-5-24-11-15(18)21(26-20)27-6-3-13(4-7-27)9-19(28)29/h2,5,8,10-11,13H,3-4,6-7,9H2,1H3,(H,28,29). The molecule has 0 radical (unpaired) electrons. The van der Waals surface area contributed by atoms with Crippen LogP contribution >= 0.6 is 0 Å². The van der Waals surface area contributed by atoms with Crippen LogP contribution in [0.15, 0.2) is 30.6 Å². The Morgan fingerprint density at radius 3 is 2.69 bits per heavy atom. The third-order valence-corrected chi connectivity index (χ3v) is 5.34. The van der Waals surface area contributed by atoms with Crippen molar-refractivity contribution in [1.82, 2.24) is 15.0 Å². The molecule has 0 bridgehead atoms. The molecule has 29 heavy (non-hydrogen) atoms. The van der Waals surface area contributed by atoms with Gasteiger partial charge in [0.2, 0.25) is 0 Å². The predicted octanol–water partition coefficient (Wildman–Crippen LogP) is 3.97. The van der Waals surface area contributed by atoms with E-state index < -0.39 is 17.6 Å². The highest BCUT2D eigenvalue weighted by Crippen LogP contribution is 2.32. The van der Waals surface area contributed by atoms with Crippen molar-refractivity contribution in [1.29, 1.82) is 0 Å². The molecule has 0 atom stereocenters. The lowest BCUT2D eigenvalue weighted by Gasteiger charge is -2.33. The van der Waals surface area contributed by atoms with E-state index in [9.17, 15) is 13.6 Å². The summed E-state index contributed by atoms with van der Waals surface area (Å²) in [6.45, 7) is 2.76. The summed E-state index contributed by atoms with van der Waals surface area (Å²) in [7, 11) is 0. The zero-order valence-electron chi connectivity index (χ0n) is 15.9. The lowest BCUT2D eigenvalue weighted by molar-refractivity contribution is -0.138. The predicted molar refractivity (Wildman–Crippen MR) is 105 cm³/mol. The molecule has 150 valence electrons. The van der Waals surface area contributed by atoms with Crippen molar-refractivity contribution < 1.29 is 18.7 Å². The van der Waals surface area contributed by atoms with Crippen LogP contribution in [-0.4, -0.2) is 39.1 Å². The SMILES string of the molecule is Cc1cc(F)c(-c2nc(N3CCC(CC(=O)O)CC3)c3cnccc3n2)cc1F. The van der Waals surface area contributed by atoms with Gasteiger partial charge >= 0.3 is 5.97 Å². The maximum Gasteiger partial charge on any atom is 0.303 e. The Morgan fingerprint density at radius 1 is 1.21 bits per heavy atom.